The lowest BCUT2D eigenvalue weighted by Crippen LogP contribution is -2.55. The Balaban J connectivity index is 1.73. The van der Waals surface area contributed by atoms with Crippen molar-refractivity contribution in [1.82, 2.24) is 5.32 Å². The molecule has 0 aromatic heterocycles. The third-order valence-electron chi connectivity index (χ3n) is 4.64. The van der Waals surface area contributed by atoms with Gasteiger partial charge in [0.05, 0.1) is 17.9 Å². The average Bonchev–Trinajstić information content (AvgIpc) is 2.79. The molecule has 0 radical (unpaired) electrons. The smallest absolute Gasteiger partial charge is 0.305 e. The van der Waals surface area contributed by atoms with Crippen molar-refractivity contribution in [3.63, 3.8) is 0 Å². The third-order valence-corrected chi connectivity index (χ3v) is 4.64. The predicted octanol–water partition coefficient (Wildman–Crippen LogP) is 2.23. The van der Waals surface area contributed by atoms with Crippen LogP contribution in [0.1, 0.15) is 49.1 Å². The van der Waals surface area contributed by atoms with Gasteiger partial charge in [-0.3, -0.25) is 9.59 Å². The number of aryl methyl sites for hydroxylation is 1. The van der Waals surface area contributed by atoms with Gasteiger partial charge < -0.3 is 10.4 Å². The molecule has 1 fully saturated rings. The Labute approximate surface area is 118 Å². The first-order valence-electron chi connectivity index (χ1n) is 7.21. The van der Waals surface area contributed by atoms with E-state index < -0.39 is 11.5 Å². The highest BCUT2D eigenvalue weighted by atomic mass is 16.4. The molecule has 20 heavy (non-hydrogen) atoms. The Bertz CT molecular complexity index is 548. The van der Waals surface area contributed by atoms with E-state index >= 15 is 0 Å². The summed E-state index contributed by atoms with van der Waals surface area (Å²) >= 11 is 0. The van der Waals surface area contributed by atoms with E-state index in [4.69, 9.17) is 5.11 Å². The van der Waals surface area contributed by atoms with Gasteiger partial charge in [-0.2, -0.15) is 0 Å². The molecule has 1 atom stereocenters. The number of carbonyl (C=O) groups is 2. The number of aliphatic carboxylic acids is 1. The molecule has 3 rings (SSSR count). The maximum absolute atomic E-state index is 12.5. The number of carboxylic acids is 1. The standard InChI is InChI=1S/C16H19NO3/c18-14(19)10-16(8-3-9-16)17-15(20)13-7-6-11-4-1-2-5-12(11)13/h1-2,4-5,13H,3,6-10H2,(H,17,20)(H,18,19)/t13-/m1/s1. The van der Waals surface area contributed by atoms with Gasteiger partial charge in [-0.05, 0) is 43.2 Å². The Hall–Kier alpha value is -1.84. The van der Waals surface area contributed by atoms with Gasteiger partial charge in [0, 0.05) is 0 Å². The minimum Gasteiger partial charge on any atom is -0.481 e. The summed E-state index contributed by atoms with van der Waals surface area (Å²) < 4.78 is 0. The Kier molecular flexibility index (Phi) is 3.24. The molecule has 0 heterocycles. The van der Waals surface area contributed by atoms with Crippen LogP contribution in [0, 0.1) is 0 Å². The van der Waals surface area contributed by atoms with Crippen LogP contribution in [-0.2, 0) is 16.0 Å². The van der Waals surface area contributed by atoms with Crippen LogP contribution in [0.5, 0.6) is 0 Å². The van der Waals surface area contributed by atoms with Crippen molar-refractivity contribution < 1.29 is 14.7 Å². The molecule has 2 aliphatic carbocycles. The van der Waals surface area contributed by atoms with E-state index in [2.05, 4.69) is 11.4 Å². The van der Waals surface area contributed by atoms with Crippen LogP contribution in [0.2, 0.25) is 0 Å². The van der Waals surface area contributed by atoms with Crippen LogP contribution >= 0.6 is 0 Å². The SMILES string of the molecule is O=C(O)CC1(NC(=O)[C@@H]2CCc3ccccc32)CCC1. The van der Waals surface area contributed by atoms with Crippen molar-refractivity contribution >= 4 is 11.9 Å². The average molecular weight is 273 g/mol. The van der Waals surface area contributed by atoms with E-state index in [0.29, 0.717) is 0 Å². The fraction of sp³-hybridized carbons (Fsp3) is 0.500. The Morgan fingerprint density at radius 2 is 2.05 bits per heavy atom. The lowest BCUT2D eigenvalue weighted by Gasteiger charge is -2.42. The molecular weight excluding hydrogens is 254 g/mol. The summed E-state index contributed by atoms with van der Waals surface area (Å²) in [6.07, 6.45) is 4.34. The maximum Gasteiger partial charge on any atom is 0.305 e. The van der Waals surface area contributed by atoms with Crippen LogP contribution in [-0.4, -0.2) is 22.5 Å². The Morgan fingerprint density at radius 1 is 1.30 bits per heavy atom. The van der Waals surface area contributed by atoms with Crippen molar-refractivity contribution in [2.45, 2.75) is 50.0 Å². The molecule has 2 aliphatic rings. The zero-order valence-corrected chi connectivity index (χ0v) is 11.4. The van der Waals surface area contributed by atoms with Crippen molar-refractivity contribution in [2.75, 3.05) is 0 Å². The van der Waals surface area contributed by atoms with Gasteiger partial charge in [0.1, 0.15) is 0 Å². The lowest BCUT2D eigenvalue weighted by molar-refractivity contribution is -0.140. The summed E-state index contributed by atoms with van der Waals surface area (Å²) in [5, 5.41) is 12.0. The molecule has 1 saturated carbocycles. The second-order valence-electron chi connectivity index (χ2n) is 5.98. The number of carbonyl (C=O) groups excluding carboxylic acids is 1. The highest BCUT2D eigenvalue weighted by molar-refractivity contribution is 5.86. The summed E-state index contributed by atoms with van der Waals surface area (Å²) in [5.74, 6) is -0.954. The molecule has 106 valence electrons. The number of hydrogen-bond donors (Lipinski definition) is 2. The molecule has 0 unspecified atom stereocenters. The van der Waals surface area contributed by atoms with Crippen LogP contribution in [0.15, 0.2) is 24.3 Å². The topological polar surface area (TPSA) is 66.4 Å². The second kappa shape index (κ2) is 4.93. The van der Waals surface area contributed by atoms with E-state index in [-0.39, 0.29) is 18.2 Å². The van der Waals surface area contributed by atoms with E-state index in [1.807, 2.05) is 18.2 Å². The molecule has 0 saturated heterocycles. The summed E-state index contributed by atoms with van der Waals surface area (Å²) in [7, 11) is 0. The molecular formula is C16H19NO3. The first kappa shape index (κ1) is 13.2. The minimum atomic E-state index is -0.836. The van der Waals surface area contributed by atoms with Gasteiger partial charge >= 0.3 is 5.97 Å². The normalized spacial score (nSPS) is 22.7. The van der Waals surface area contributed by atoms with Crippen molar-refractivity contribution in [1.29, 1.82) is 0 Å². The molecule has 1 aromatic rings. The largest absolute Gasteiger partial charge is 0.481 e. The number of benzene rings is 1. The van der Waals surface area contributed by atoms with E-state index in [1.54, 1.807) is 0 Å². The molecule has 0 bridgehead atoms. The molecule has 4 nitrogen and oxygen atoms in total. The molecule has 4 heteroatoms. The number of carboxylic acid groups (broad SMARTS) is 1. The highest BCUT2D eigenvalue weighted by Crippen LogP contribution is 2.38. The summed E-state index contributed by atoms with van der Waals surface area (Å²) in [6.45, 7) is 0. The summed E-state index contributed by atoms with van der Waals surface area (Å²) in [6, 6.07) is 8.04. The van der Waals surface area contributed by atoms with Crippen LogP contribution in [0.4, 0.5) is 0 Å². The van der Waals surface area contributed by atoms with Gasteiger partial charge in [0.2, 0.25) is 5.91 Å². The fourth-order valence-corrected chi connectivity index (χ4v) is 3.42. The predicted molar refractivity (Wildman–Crippen MR) is 74.5 cm³/mol. The van der Waals surface area contributed by atoms with Crippen LogP contribution in [0.3, 0.4) is 0 Å². The highest BCUT2D eigenvalue weighted by Gasteiger charge is 2.42. The van der Waals surface area contributed by atoms with Gasteiger partial charge in [0.25, 0.3) is 0 Å². The maximum atomic E-state index is 12.5. The molecule has 1 amide bonds. The minimum absolute atomic E-state index is 0.00380. The van der Waals surface area contributed by atoms with Gasteiger partial charge in [-0.15, -0.1) is 0 Å². The fourth-order valence-electron chi connectivity index (χ4n) is 3.42. The molecule has 0 aliphatic heterocycles. The zero-order valence-electron chi connectivity index (χ0n) is 11.4. The first-order chi connectivity index (χ1) is 9.60. The Morgan fingerprint density at radius 3 is 2.70 bits per heavy atom. The number of nitrogens with one attached hydrogen (secondary N) is 1. The monoisotopic (exact) mass is 273 g/mol. The lowest BCUT2D eigenvalue weighted by atomic mass is 9.74. The van der Waals surface area contributed by atoms with E-state index in [1.165, 1.54) is 5.56 Å². The first-order valence-corrected chi connectivity index (χ1v) is 7.21. The van der Waals surface area contributed by atoms with Crippen LogP contribution in [0.25, 0.3) is 0 Å². The third kappa shape index (κ3) is 2.30. The number of rotatable bonds is 4. The van der Waals surface area contributed by atoms with Gasteiger partial charge in [-0.1, -0.05) is 24.3 Å². The number of amides is 1. The zero-order chi connectivity index (χ0) is 14.2. The second-order valence-corrected chi connectivity index (χ2v) is 5.98. The van der Waals surface area contributed by atoms with E-state index in [9.17, 15) is 9.59 Å². The van der Waals surface area contributed by atoms with Gasteiger partial charge in [0.15, 0.2) is 0 Å². The van der Waals surface area contributed by atoms with Crippen molar-refractivity contribution in [3.8, 4) is 0 Å². The van der Waals surface area contributed by atoms with Gasteiger partial charge in [-0.25, -0.2) is 0 Å². The van der Waals surface area contributed by atoms with Crippen molar-refractivity contribution in [3.05, 3.63) is 35.4 Å². The van der Waals surface area contributed by atoms with Crippen LogP contribution < -0.4 is 5.32 Å². The molecule has 0 spiro atoms. The molecule has 1 aromatic carbocycles. The summed E-state index contributed by atoms with van der Waals surface area (Å²) in [4.78, 5) is 23.5. The number of hydrogen-bond acceptors (Lipinski definition) is 2. The van der Waals surface area contributed by atoms with E-state index in [0.717, 1.165) is 37.7 Å². The quantitative estimate of drug-likeness (QED) is 0.884. The molecule has 2 N–H and O–H groups in total. The number of fused-ring (bicyclic) bond motifs is 1. The summed E-state index contributed by atoms with van der Waals surface area (Å²) in [5.41, 5.74) is 1.85. The van der Waals surface area contributed by atoms with Crippen molar-refractivity contribution in [2.24, 2.45) is 0 Å².